The summed E-state index contributed by atoms with van der Waals surface area (Å²) in [5.41, 5.74) is -0.832. The monoisotopic (exact) mass is 685 g/mol. The molecular weight excluding hydrogens is 656 g/mol. The maximum atomic E-state index is 13.1. The SMILES string of the molecule is Cc1cc(-c2ncn(-c3ccc(S(=O)(=O)C(F)(F)F)cc3)n2)ccc1NC(=O)/N=C1\SCC(=O)N1c1cc(N(C)C)ccc1C(C)C. The number of nitrogens with zero attached hydrogens (tertiary/aromatic N) is 6. The van der Waals surface area contributed by atoms with Gasteiger partial charge in [0.1, 0.15) is 6.33 Å². The number of amidine groups is 1. The first-order valence-corrected chi connectivity index (χ1v) is 16.6. The van der Waals surface area contributed by atoms with Crippen molar-refractivity contribution in [1.82, 2.24) is 14.8 Å². The lowest BCUT2D eigenvalue weighted by Gasteiger charge is -2.24. The van der Waals surface area contributed by atoms with Crippen LogP contribution in [0.25, 0.3) is 17.1 Å². The number of hydrogen-bond acceptors (Lipinski definition) is 8. The van der Waals surface area contributed by atoms with Crippen molar-refractivity contribution in [2.45, 2.75) is 37.1 Å². The number of amides is 3. The Morgan fingerprint density at radius 1 is 1.06 bits per heavy atom. The van der Waals surface area contributed by atoms with E-state index in [1.807, 2.05) is 51.0 Å². The van der Waals surface area contributed by atoms with Crippen molar-refractivity contribution in [1.29, 1.82) is 0 Å². The van der Waals surface area contributed by atoms with Crippen molar-refractivity contribution in [3.63, 3.8) is 0 Å². The van der Waals surface area contributed by atoms with Crippen LogP contribution in [0.4, 0.5) is 35.0 Å². The highest BCUT2D eigenvalue weighted by molar-refractivity contribution is 8.15. The Morgan fingerprint density at radius 3 is 2.38 bits per heavy atom. The Labute approximate surface area is 273 Å². The van der Waals surface area contributed by atoms with E-state index in [2.05, 4.69) is 20.4 Å². The Kier molecular flexibility index (Phi) is 9.19. The number of nitrogens with one attached hydrogen (secondary N) is 1. The predicted octanol–water partition coefficient (Wildman–Crippen LogP) is 6.39. The lowest BCUT2D eigenvalue weighted by Crippen LogP contribution is -2.31. The van der Waals surface area contributed by atoms with Gasteiger partial charge in [0.25, 0.3) is 9.84 Å². The number of carbonyl (C=O) groups excluding carboxylic acids is 2. The zero-order valence-corrected chi connectivity index (χ0v) is 27.5. The molecule has 16 heteroatoms. The van der Waals surface area contributed by atoms with Crippen LogP contribution in [0, 0.1) is 6.92 Å². The summed E-state index contributed by atoms with van der Waals surface area (Å²) in [7, 11) is -1.65. The number of rotatable bonds is 7. The summed E-state index contributed by atoms with van der Waals surface area (Å²) in [4.78, 5) is 37.1. The highest BCUT2D eigenvalue weighted by Gasteiger charge is 2.46. The van der Waals surface area contributed by atoms with Gasteiger partial charge in [-0.05, 0) is 78.6 Å². The van der Waals surface area contributed by atoms with E-state index in [0.717, 1.165) is 23.4 Å². The molecule has 3 amide bonds. The second-order valence-electron chi connectivity index (χ2n) is 11.1. The number of aromatic nitrogens is 3. The summed E-state index contributed by atoms with van der Waals surface area (Å²) in [6.07, 6.45) is 1.34. The van der Waals surface area contributed by atoms with Gasteiger partial charge < -0.3 is 10.2 Å². The first-order chi connectivity index (χ1) is 22.1. The maximum Gasteiger partial charge on any atom is 0.501 e. The summed E-state index contributed by atoms with van der Waals surface area (Å²) in [5.74, 6) is 0.393. The van der Waals surface area contributed by atoms with E-state index in [9.17, 15) is 31.2 Å². The topological polar surface area (TPSA) is 130 Å². The first-order valence-electron chi connectivity index (χ1n) is 14.2. The molecule has 1 aromatic heterocycles. The molecule has 0 saturated carbocycles. The van der Waals surface area contributed by atoms with Crippen LogP contribution in [-0.4, -0.2) is 65.6 Å². The van der Waals surface area contributed by atoms with Gasteiger partial charge in [-0.3, -0.25) is 9.69 Å². The lowest BCUT2D eigenvalue weighted by molar-refractivity contribution is -0.115. The van der Waals surface area contributed by atoms with Crippen molar-refractivity contribution in [3.8, 4) is 17.1 Å². The Hall–Kier alpha value is -4.70. The van der Waals surface area contributed by atoms with Gasteiger partial charge in [-0.25, -0.2) is 22.9 Å². The number of aryl methyl sites for hydroxylation is 1. The van der Waals surface area contributed by atoms with Crippen LogP contribution in [0.5, 0.6) is 0 Å². The number of halogens is 3. The van der Waals surface area contributed by atoms with Crippen LogP contribution >= 0.6 is 11.8 Å². The molecule has 3 aromatic carbocycles. The smallest absolute Gasteiger partial charge is 0.378 e. The van der Waals surface area contributed by atoms with Crippen LogP contribution < -0.4 is 15.1 Å². The Balaban J connectivity index is 1.33. The van der Waals surface area contributed by atoms with Crippen LogP contribution in [0.2, 0.25) is 0 Å². The molecule has 0 radical (unpaired) electrons. The summed E-state index contributed by atoms with van der Waals surface area (Å²) in [6.45, 7) is 5.83. The average Bonchev–Trinajstić information content (AvgIpc) is 3.64. The third-order valence-corrected chi connectivity index (χ3v) is 9.72. The molecule has 4 aromatic rings. The minimum atomic E-state index is -5.47. The van der Waals surface area contributed by atoms with E-state index in [1.54, 1.807) is 25.1 Å². The Morgan fingerprint density at radius 2 is 1.77 bits per heavy atom. The second kappa shape index (κ2) is 12.8. The van der Waals surface area contributed by atoms with Gasteiger partial charge in [-0.2, -0.15) is 18.2 Å². The molecule has 5 rings (SSSR count). The number of thioether (sulfide) groups is 1. The van der Waals surface area contributed by atoms with Gasteiger partial charge in [0, 0.05) is 31.0 Å². The van der Waals surface area contributed by atoms with Crippen molar-refractivity contribution >= 4 is 55.8 Å². The van der Waals surface area contributed by atoms with Crippen molar-refractivity contribution < 1.29 is 31.2 Å². The molecule has 2 heterocycles. The van der Waals surface area contributed by atoms with Crippen LogP contribution in [0.15, 0.2) is 76.9 Å². The highest BCUT2D eigenvalue weighted by atomic mass is 32.2. The lowest BCUT2D eigenvalue weighted by atomic mass is 9.99. The van der Waals surface area contributed by atoms with Crippen molar-refractivity contribution in [2.24, 2.45) is 4.99 Å². The molecule has 0 spiro atoms. The predicted molar refractivity (Wildman–Crippen MR) is 176 cm³/mol. The summed E-state index contributed by atoms with van der Waals surface area (Å²) in [6, 6.07) is 14.4. The molecule has 246 valence electrons. The number of carbonyl (C=O) groups is 2. The van der Waals surface area contributed by atoms with Crippen LogP contribution in [-0.2, 0) is 14.6 Å². The fourth-order valence-electron chi connectivity index (χ4n) is 4.78. The summed E-state index contributed by atoms with van der Waals surface area (Å²) < 4.78 is 63.2. The van der Waals surface area contributed by atoms with E-state index in [0.29, 0.717) is 28.2 Å². The minimum absolute atomic E-state index is 0.124. The molecule has 1 aliphatic rings. The highest BCUT2D eigenvalue weighted by Crippen LogP contribution is 2.36. The van der Waals surface area contributed by atoms with Gasteiger partial charge >= 0.3 is 11.5 Å². The second-order valence-corrected chi connectivity index (χ2v) is 14.0. The van der Waals surface area contributed by atoms with Crippen molar-refractivity contribution in [3.05, 3.63) is 78.1 Å². The average molecular weight is 686 g/mol. The molecule has 47 heavy (non-hydrogen) atoms. The van der Waals surface area contributed by atoms with E-state index in [-0.39, 0.29) is 28.6 Å². The summed E-state index contributed by atoms with van der Waals surface area (Å²) in [5, 5.41) is 7.40. The number of alkyl halides is 3. The zero-order valence-electron chi connectivity index (χ0n) is 25.9. The fourth-order valence-corrected chi connectivity index (χ4v) is 6.40. The van der Waals surface area contributed by atoms with E-state index >= 15 is 0 Å². The fraction of sp³-hybridized carbons (Fsp3) is 0.258. The first kappa shape index (κ1) is 33.7. The molecule has 0 bridgehead atoms. The van der Waals surface area contributed by atoms with Gasteiger partial charge in [0.15, 0.2) is 11.0 Å². The Bertz CT molecular complexity index is 1990. The van der Waals surface area contributed by atoms with Crippen molar-refractivity contribution in [2.75, 3.05) is 35.0 Å². The van der Waals surface area contributed by atoms with E-state index < -0.39 is 26.3 Å². The van der Waals surface area contributed by atoms with Gasteiger partial charge in [-0.1, -0.05) is 31.7 Å². The van der Waals surface area contributed by atoms with E-state index in [1.165, 1.54) is 39.8 Å². The van der Waals surface area contributed by atoms with Crippen LogP contribution in [0.3, 0.4) is 0 Å². The molecule has 1 aliphatic heterocycles. The molecular formula is C31H30F3N7O4S2. The largest absolute Gasteiger partial charge is 0.501 e. The molecule has 1 N–H and O–H groups in total. The number of aliphatic imine (C=N–C) groups is 1. The number of benzene rings is 3. The van der Waals surface area contributed by atoms with Gasteiger partial charge in [0.2, 0.25) is 5.91 Å². The maximum absolute atomic E-state index is 13.1. The summed E-state index contributed by atoms with van der Waals surface area (Å²) >= 11 is 1.19. The molecule has 0 aliphatic carbocycles. The minimum Gasteiger partial charge on any atom is -0.378 e. The third-order valence-electron chi connectivity index (χ3n) is 7.29. The molecule has 11 nitrogen and oxygen atoms in total. The standard InChI is InChI=1S/C31H30F3N7O4S2/c1-18(2)24-12-9-22(39(4)5)15-26(24)41-27(42)16-46-30(41)37-29(43)36-25-13-6-20(14-19(25)3)28-35-17-40(38-28)21-7-10-23(11-8-21)47(44,45)31(32,33)34/h6-15,17-18H,16H2,1-5H3,(H,36,43)/b37-30-. The number of urea groups is 1. The van der Waals surface area contributed by atoms with Gasteiger partial charge in [0.05, 0.1) is 22.0 Å². The number of hydrogen-bond donors (Lipinski definition) is 1. The zero-order chi connectivity index (χ0) is 34.3. The van der Waals surface area contributed by atoms with Crippen LogP contribution in [0.1, 0.15) is 30.9 Å². The molecule has 1 fully saturated rings. The number of anilines is 3. The van der Waals surface area contributed by atoms with Gasteiger partial charge in [-0.15, -0.1) is 5.10 Å². The quantitative estimate of drug-likeness (QED) is 0.237. The number of sulfone groups is 1. The molecule has 0 unspecified atom stereocenters. The normalized spacial score (nSPS) is 14.7. The third kappa shape index (κ3) is 6.88. The van der Waals surface area contributed by atoms with E-state index in [4.69, 9.17) is 0 Å². The molecule has 0 atom stereocenters. The molecule has 1 saturated heterocycles.